The van der Waals surface area contributed by atoms with Crippen LogP contribution in [0.15, 0.2) is 29.3 Å². The van der Waals surface area contributed by atoms with Crippen molar-refractivity contribution in [3.63, 3.8) is 0 Å². The Morgan fingerprint density at radius 2 is 2.00 bits per heavy atom. The topological polar surface area (TPSA) is 36.4 Å². The van der Waals surface area contributed by atoms with E-state index in [1.807, 2.05) is 18.2 Å². The maximum absolute atomic E-state index is 6.30. The molecule has 0 spiro atoms. The molecule has 1 fully saturated rings. The van der Waals surface area contributed by atoms with Gasteiger partial charge in [-0.3, -0.25) is 4.99 Å². The molecule has 1 aromatic rings. The van der Waals surface area contributed by atoms with Gasteiger partial charge in [-0.15, -0.1) is 24.0 Å². The fourth-order valence-electron chi connectivity index (χ4n) is 2.11. The second-order valence-electron chi connectivity index (χ2n) is 5.98. The van der Waals surface area contributed by atoms with Crippen molar-refractivity contribution in [2.75, 3.05) is 13.1 Å². The number of hydrogen-bond acceptors (Lipinski definition) is 1. The molecule has 0 amide bonds. The lowest BCUT2D eigenvalue weighted by Gasteiger charge is -2.25. The molecule has 1 aliphatic carbocycles. The van der Waals surface area contributed by atoms with E-state index >= 15 is 0 Å². The summed E-state index contributed by atoms with van der Waals surface area (Å²) in [5.74, 6) is 0.912. The van der Waals surface area contributed by atoms with Gasteiger partial charge >= 0.3 is 0 Å². The van der Waals surface area contributed by atoms with Gasteiger partial charge in [-0.25, -0.2) is 0 Å². The molecule has 1 saturated carbocycles. The van der Waals surface area contributed by atoms with Crippen molar-refractivity contribution < 1.29 is 0 Å². The first-order valence-corrected chi connectivity index (χ1v) is 7.70. The van der Waals surface area contributed by atoms with Gasteiger partial charge in [0.1, 0.15) is 0 Å². The molecule has 2 rings (SSSR count). The predicted octanol–water partition coefficient (Wildman–Crippen LogP) is 3.95. The minimum Gasteiger partial charge on any atom is -0.357 e. The van der Waals surface area contributed by atoms with Crippen molar-refractivity contribution in [3.8, 4) is 0 Å². The Hall–Kier alpha value is -0.490. The van der Waals surface area contributed by atoms with Crippen LogP contribution in [0.5, 0.6) is 0 Å². The van der Waals surface area contributed by atoms with Crippen LogP contribution in [0.3, 0.4) is 0 Å². The monoisotopic (exact) mass is 421 g/mol. The summed E-state index contributed by atoms with van der Waals surface area (Å²) >= 11 is 6.30. The zero-order valence-electron chi connectivity index (χ0n) is 12.9. The molecule has 0 atom stereocenters. The van der Waals surface area contributed by atoms with E-state index < -0.39 is 0 Å². The Kier molecular flexibility index (Phi) is 7.27. The minimum atomic E-state index is -0.0791. The summed E-state index contributed by atoms with van der Waals surface area (Å²) in [6.45, 7) is 8.03. The summed E-state index contributed by atoms with van der Waals surface area (Å²) in [7, 11) is 0. The molecule has 1 aliphatic rings. The average Bonchev–Trinajstić information content (AvgIpc) is 3.21. The number of guanidine groups is 1. The van der Waals surface area contributed by atoms with Gasteiger partial charge < -0.3 is 10.6 Å². The SMILES string of the molecule is CCNC(=NCC(C)(C)c1ccccc1Cl)NC1CC1.I. The Balaban J connectivity index is 0.00000220. The first kappa shape index (κ1) is 18.6. The lowest BCUT2D eigenvalue weighted by molar-refractivity contribution is 0.537. The summed E-state index contributed by atoms with van der Waals surface area (Å²) < 4.78 is 0. The Bertz CT molecular complexity index is 484. The molecule has 2 N–H and O–H groups in total. The highest BCUT2D eigenvalue weighted by atomic mass is 127. The molecule has 3 nitrogen and oxygen atoms in total. The number of aliphatic imine (C=N–C) groups is 1. The molecule has 0 aromatic heterocycles. The van der Waals surface area contributed by atoms with E-state index in [0.717, 1.165) is 23.1 Å². The van der Waals surface area contributed by atoms with E-state index in [1.54, 1.807) is 0 Å². The van der Waals surface area contributed by atoms with Gasteiger partial charge in [0.2, 0.25) is 0 Å². The summed E-state index contributed by atoms with van der Waals surface area (Å²) in [5.41, 5.74) is 1.07. The van der Waals surface area contributed by atoms with Gasteiger partial charge in [0.25, 0.3) is 0 Å². The van der Waals surface area contributed by atoms with Crippen LogP contribution in [0.1, 0.15) is 39.2 Å². The fraction of sp³-hybridized carbons (Fsp3) is 0.562. The Morgan fingerprint density at radius 1 is 1.33 bits per heavy atom. The van der Waals surface area contributed by atoms with Crippen LogP contribution in [-0.2, 0) is 5.41 Å². The van der Waals surface area contributed by atoms with Crippen LogP contribution < -0.4 is 10.6 Å². The summed E-state index contributed by atoms with van der Waals surface area (Å²) in [4.78, 5) is 4.72. The third kappa shape index (κ3) is 5.66. The van der Waals surface area contributed by atoms with E-state index in [4.69, 9.17) is 16.6 Å². The van der Waals surface area contributed by atoms with Crippen LogP contribution in [0.25, 0.3) is 0 Å². The second-order valence-corrected chi connectivity index (χ2v) is 6.38. The maximum atomic E-state index is 6.30. The number of halogens is 2. The highest BCUT2D eigenvalue weighted by molar-refractivity contribution is 14.0. The number of benzene rings is 1. The van der Waals surface area contributed by atoms with Gasteiger partial charge in [-0.2, -0.15) is 0 Å². The zero-order valence-corrected chi connectivity index (χ0v) is 16.0. The Labute approximate surface area is 150 Å². The molecule has 0 radical (unpaired) electrons. The van der Waals surface area contributed by atoms with Gasteiger partial charge in [-0.05, 0) is 31.4 Å². The highest BCUT2D eigenvalue weighted by Crippen LogP contribution is 2.29. The van der Waals surface area contributed by atoms with E-state index in [9.17, 15) is 0 Å². The molecule has 0 bridgehead atoms. The van der Waals surface area contributed by atoms with Crippen LogP contribution in [0.4, 0.5) is 0 Å². The standard InChI is InChI=1S/C16H24ClN3.HI/c1-4-18-15(20-12-9-10-12)19-11-16(2,3)13-7-5-6-8-14(13)17;/h5-8,12H,4,9-11H2,1-3H3,(H2,18,19,20);1H. The summed E-state index contributed by atoms with van der Waals surface area (Å²) in [6.07, 6.45) is 2.50. The van der Waals surface area contributed by atoms with Gasteiger partial charge in [0, 0.05) is 23.0 Å². The Morgan fingerprint density at radius 3 is 2.57 bits per heavy atom. The molecule has 0 saturated heterocycles. The second kappa shape index (κ2) is 8.22. The predicted molar refractivity (Wildman–Crippen MR) is 102 cm³/mol. The van der Waals surface area contributed by atoms with Crippen molar-refractivity contribution >= 4 is 41.5 Å². The first-order chi connectivity index (χ1) is 9.53. The van der Waals surface area contributed by atoms with E-state index in [2.05, 4.69) is 37.5 Å². The van der Waals surface area contributed by atoms with Crippen molar-refractivity contribution in [1.82, 2.24) is 10.6 Å². The number of nitrogens with zero attached hydrogens (tertiary/aromatic N) is 1. The van der Waals surface area contributed by atoms with Gasteiger partial charge in [-0.1, -0.05) is 43.6 Å². The molecule has 5 heteroatoms. The molecule has 1 aromatic carbocycles. The average molecular weight is 422 g/mol. The van der Waals surface area contributed by atoms with Crippen molar-refractivity contribution in [2.24, 2.45) is 4.99 Å². The third-order valence-electron chi connectivity index (χ3n) is 3.50. The van der Waals surface area contributed by atoms with Crippen LogP contribution in [-0.4, -0.2) is 25.1 Å². The number of hydrogen-bond donors (Lipinski definition) is 2. The van der Waals surface area contributed by atoms with Crippen molar-refractivity contribution in [3.05, 3.63) is 34.9 Å². The summed E-state index contributed by atoms with van der Waals surface area (Å²) in [6, 6.07) is 8.62. The lowest BCUT2D eigenvalue weighted by atomic mass is 9.85. The lowest BCUT2D eigenvalue weighted by Crippen LogP contribution is -2.39. The van der Waals surface area contributed by atoms with Crippen LogP contribution >= 0.6 is 35.6 Å². The largest absolute Gasteiger partial charge is 0.357 e. The molecule has 0 unspecified atom stereocenters. The van der Waals surface area contributed by atoms with Gasteiger partial charge in [0.05, 0.1) is 6.54 Å². The van der Waals surface area contributed by atoms with Crippen molar-refractivity contribution in [2.45, 2.75) is 45.1 Å². The number of nitrogens with one attached hydrogen (secondary N) is 2. The normalized spacial score (nSPS) is 15.3. The van der Waals surface area contributed by atoms with Crippen molar-refractivity contribution in [1.29, 1.82) is 0 Å². The van der Waals surface area contributed by atoms with E-state index in [1.165, 1.54) is 12.8 Å². The summed E-state index contributed by atoms with van der Waals surface area (Å²) in [5, 5.41) is 7.55. The minimum absolute atomic E-state index is 0. The molecular formula is C16H25ClIN3. The molecular weight excluding hydrogens is 397 g/mol. The molecule has 0 heterocycles. The smallest absolute Gasteiger partial charge is 0.191 e. The number of rotatable bonds is 5. The van der Waals surface area contributed by atoms with Crippen LogP contribution in [0, 0.1) is 0 Å². The third-order valence-corrected chi connectivity index (χ3v) is 3.83. The first-order valence-electron chi connectivity index (χ1n) is 7.33. The highest BCUT2D eigenvalue weighted by Gasteiger charge is 2.25. The molecule has 21 heavy (non-hydrogen) atoms. The zero-order chi connectivity index (χ0) is 14.6. The van der Waals surface area contributed by atoms with E-state index in [-0.39, 0.29) is 29.4 Å². The quantitative estimate of drug-likeness (QED) is 0.429. The van der Waals surface area contributed by atoms with E-state index in [0.29, 0.717) is 12.6 Å². The van der Waals surface area contributed by atoms with Crippen LogP contribution in [0.2, 0.25) is 5.02 Å². The molecule has 0 aliphatic heterocycles. The fourth-order valence-corrected chi connectivity index (χ4v) is 2.50. The molecule has 118 valence electrons. The van der Waals surface area contributed by atoms with Gasteiger partial charge in [0.15, 0.2) is 5.96 Å². The maximum Gasteiger partial charge on any atom is 0.191 e.